The number of hydrogen-bond donors (Lipinski definition) is 1. The van der Waals surface area contributed by atoms with Gasteiger partial charge in [0.1, 0.15) is 5.48 Å². The molecule has 8 heteroatoms. The van der Waals surface area contributed by atoms with Crippen LogP contribution >= 0.6 is 11.6 Å². The van der Waals surface area contributed by atoms with E-state index in [9.17, 15) is 18.0 Å². The highest BCUT2D eigenvalue weighted by molar-refractivity contribution is 6.30. The molecule has 4 nitrogen and oxygen atoms in total. The van der Waals surface area contributed by atoms with Gasteiger partial charge in [0.15, 0.2) is 0 Å². The largest absolute Gasteiger partial charge is 0.416 e. The lowest BCUT2D eigenvalue weighted by Crippen LogP contribution is -2.32. The highest BCUT2D eigenvalue weighted by Crippen LogP contribution is 2.31. The van der Waals surface area contributed by atoms with E-state index < -0.39 is 17.7 Å². The Morgan fingerprint density at radius 2 is 1.72 bits per heavy atom. The minimum absolute atomic E-state index is 0.306. The monoisotopic (exact) mass is 547 g/mol. The lowest BCUT2D eigenvalue weighted by atomic mass is 10.0. The van der Waals surface area contributed by atoms with Crippen LogP contribution in [-0.4, -0.2) is 21.6 Å². The van der Waals surface area contributed by atoms with Crippen LogP contribution in [0.4, 0.5) is 13.2 Å². The molecule has 1 amide bonds. The van der Waals surface area contributed by atoms with Gasteiger partial charge in [-0.2, -0.15) is 13.2 Å². The van der Waals surface area contributed by atoms with Gasteiger partial charge in [-0.05, 0) is 66.8 Å². The van der Waals surface area contributed by atoms with Crippen molar-refractivity contribution in [1.82, 2.24) is 9.55 Å². The zero-order valence-corrected chi connectivity index (χ0v) is 21.9. The van der Waals surface area contributed by atoms with Crippen LogP contribution < -0.4 is 16.6 Å². The Kier molecular flexibility index (Phi) is 7.19. The molecule has 1 aromatic heterocycles. The first-order chi connectivity index (χ1) is 18.6. The van der Waals surface area contributed by atoms with Crippen molar-refractivity contribution >= 4 is 28.7 Å². The van der Waals surface area contributed by atoms with Gasteiger partial charge < -0.3 is 10.3 Å². The number of carbonyl (C=O) groups excluding carboxylic acids is 1. The summed E-state index contributed by atoms with van der Waals surface area (Å²) in [5.74, 6) is -0.532. The predicted octanol–water partition coefficient (Wildman–Crippen LogP) is 6.01. The number of aromatic nitrogens is 2. The van der Waals surface area contributed by atoms with Crippen LogP contribution in [0.2, 0.25) is 5.02 Å². The summed E-state index contributed by atoms with van der Waals surface area (Å²) in [7, 11) is 0. The van der Waals surface area contributed by atoms with Crippen molar-refractivity contribution in [2.45, 2.75) is 32.5 Å². The molecule has 0 bridgehead atoms. The molecule has 0 radical (unpaired) electrons. The van der Waals surface area contributed by atoms with Gasteiger partial charge in [0.2, 0.25) is 5.91 Å². The number of amides is 1. The molecule has 2 N–H and O–H groups in total. The van der Waals surface area contributed by atoms with Crippen molar-refractivity contribution in [3.8, 4) is 11.3 Å². The zero-order chi connectivity index (χ0) is 27.7. The minimum Gasteiger partial charge on any atom is -0.366 e. The summed E-state index contributed by atoms with van der Waals surface area (Å²) in [6.45, 7) is 2.34. The molecular formula is C31H25ClF3N3O. The summed E-state index contributed by atoms with van der Waals surface area (Å²) >= 11 is 6.15. The first-order valence-corrected chi connectivity index (χ1v) is 12.8. The van der Waals surface area contributed by atoms with Crippen molar-refractivity contribution in [2.75, 3.05) is 0 Å². The second kappa shape index (κ2) is 10.6. The van der Waals surface area contributed by atoms with Crippen LogP contribution in [0.1, 0.15) is 35.7 Å². The summed E-state index contributed by atoms with van der Waals surface area (Å²) in [6.07, 6.45) is 6.43. The number of nitrogens with zero attached hydrogens (tertiary/aromatic N) is 2. The number of benzene rings is 2. The van der Waals surface area contributed by atoms with E-state index in [2.05, 4.69) is 6.08 Å². The number of carbonyl (C=O) groups is 1. The molecule has 2 aliphatic carbocycles. The number of allylic oxidation sites excluding steroid dienone is 8. The van der Waals surface area contributed by atoms with Crippen LogP contribution in [-0.2, 0) is 6.54 Å². The summed E-state index contributed by atoms with van der Waals surface area (Å²) < 4.78 is 43.0. The normalized spacial score (nSPS) is 18.2. The van der Waals surface area contributed by atoms with Gasteiger partial charge in [0, 0.05) is 22.7 Å². The lowest BCUT2D eigenvalue weighted by Gasteiger charge is -2.14. The molecule has 3 aromatic rings. The number of rotatable bonds is 4. The molecule has 198 valence electrons. The number of alkyl halides is 3. The third-order valence-electron chi connectivity index (χ3n) is 6.74. The fraction of sp³-hybridized carbons (Fsp3) is 0.161. The Balaban J connectivity index is 1.83. The average molecular weight is 548 g/mol. The van der Waals surface area contributed by atoms with Gasteiger partial charge in [-0.15, -0.1) is 0 Å². The van der Waals surface area contributed by atoms with Crippen LogP contribution in [0.5, 0.6) is 0 Å². The van der Waals surface area contributed by atoms with E-state index in [0.717, 1.165) is 33.7 Å². The molecule has 1 heterocycles. The summed E-state index contributed by atoms with van der Waals surface area (Å²) in [6, 6.07) is 14.1. The molecule has 0 atom stereocenters. The van der Waals surface area contributed by atoms with E-state index in [1.807, 2.05) is 35.8 Å². The van der Waals surface area contributed by atoms with Crippen molar-refractivity contribution in [2.24, 2.45) is 5.73 Å². The Morgan fingerprint density at radius 3 is 2.33 bits per heavy atom. The van der Waals surface area contributed by atoms with Crippen molar-refractivity contribution < 1.29 is 18.0 Å². The predicted molar refractivity (Wildman–Crippen MR) is 148 cm³/mol. The van der Waals surface area contributed by atoms with Crippen LogP contribution in [0, 0.1) is 0 Å². The van der Waals surface area contributed by atoms with Gasteiger partial charge >= 0.3 is 6.18 Å². The highest BCUT2D eigenvalue weighted by atomic mass is 35.5. The van der Waals surface area contributed by atoms with Gasteiger partial charge in [-0.25, -0.2) is 4.98 Å². The molecule has 0 fully saturated rings. The first kappa shape index (κ1) is 26.5. The Bertz CT molecular complexity index is 1690. The summed E-state index contributed by atoms with van der Waals surface area (Å²) in [5.41, 5.74) is 10.4. The molecule has 0 aliphatic heterocycles. The van der Waals surface area contributed by atoms with E-state index in [0.29, 0.717) is 46.7 Å². The van der Waals surface area contributed by atoms with E-state index in [4.69, 9.17) is 22.3 Å². The standard InChI is InChI=1S/C31H25ClF3N3O/c1-19-5-9-22(10-6-19)28-27(21-13-15-26(32)16-14-21)37-30(24-3-2-4-25(17-24)31(33,34)35)38(28)18-20-7-11-23(12-8-20)29(36)39/h2,4-9,11-17H,3,10,18H2,1H3,(H2,36,39). The van der Waals surface area contributed by atoms with Crippen LogP contribution in [0.15, 0.2) is 96.1 Å². The summed E-state index contributed by atoms with van der Waals surface area (Å²) in [4.78, 5) is 16.6. The maximum atomic E-state index is 13.7. The smallest absolute Gasteiger partial charge is 0.366 e. The first-order valence-electron chi connectivity index (χ1n) is 12.4. The second-order valence-corrected chi connectivity index (χ2v) is 9.96. The maximum Gasteiger partial charge on any atom is 0.416 e. The van der Waals surface area contributed by atoms with Crippen molar-refractivity contribution in [3.63, 3.8) is 0 Å². The number of primary amides is 1. The van der Waals surface area contributed by atoms with Gasteiger partial charge in [0.25, 0.3) is 0 Å². The van der Waals surface area contributed by atoms with E-state index >= 15 is 0 Å². The molecule has 39 heavy (non-hydrogen) atoms. The molecule has 0 spiro atoms. The fourth-order valence-electron chi connectivity index (χ4n) is 4.70. The molecular weight excluding hydrogens is 523 g/mol. The Hall–Kier alpha value is -4.10. The average Bonchev–Trinajstić information content (AvgIpc) is 3.28. The third kappa shape index (κ3) is 5.68. The van der Waals surface area contributed by atoms with E-state index in [1.165, 1.54) is 12.2 Å². The highest BCUT2D eigenvalue weighted by Gasteiger charge is 2.33. The van der Waals surface area contributed by atoms with E-state index in [-0.39, 0.29) is 0 Å². The number of nitrogens with two attached hydrogens (primary N) is 1. The molecule has 5 rings (SSSR count). The molecule has 0 saturated carbocycles. The number of imidazole rings is 1. The quantitative estimate of drug-likeness (QED) is 0.435. The van der Waals surface area contributed by atoms with Crippen molar-refractivity contribution in [3.05, 3.63) is 123 Å². The molecule has 0 saturated heterocycles. The second-order valence-electron chi connectivity index (χ2n) is 9.53. The topological polar surface area (TPSA) is 60.9 Å². The van der Waals surface area contributed by atoms with Crippen LogP contribution in [0.25, 0.3) is 22.4 Å². The third-order valence-corrected chi connectivity index (χ3v) is 6.99. The number of hydrogen-bond acceptors (Lipinski definition) is 2. The summed E-state index contributed by atoms with van der Waals surface area (Å²) in [5, 5.41) is 1.39. The van der Waals surface area contributed by atoms with Crippen molar-refractivity contribution in [1.29, 1.82) is 0 Å². The molecule has 2 aliphatic rings. The van der Waals surface area contributed by atoms with Crippen LogP contribution in [0.3, 0.4) is 0 Å². The zero-order valence-electron chi connectivity index (χ0n) is 21.1. The number of halogens is 4. The fourth-order valence-corrected chi connectivity index (χ4v) is 4.82. The van der Waals surface area contributed by atoms with E-state index in [1.54, 1.807) is 36.4 Å². The molecule has 2 aromatic carbocycles. The van der Waals surface area contributed by atoms with Gasteiger partial charge in [-0.3, -0.25) is 4.79 Å². The minimum atomic E-state index is -4.48. The van der Waals surface area contributed by atoms with Gasteiger partial charge in [0.05, 0.1) is 16.6 Å². The Morgan fingerprint density at radius 1 is 1.00 bits per heavy atom. The Labute approximate surface area is 228 Å². The van der Waals surface area contributed by atoms with Gasteiger partial charge in [-0.1, -0.05) is 71.8 Å². The SMILES string of the molecule is CC1=CCC(=c2c(-c3ccc(Cl)cc3)nc(=C3C=C(C(F)(F)F)C=CC3)n2Cc2ccc(C(N)=O)cc2)C=C1. The maximum absolute atomic E-state index is 13.7. The molecule has 0 unspecified atom stereocenters. The lowest BCUT2D eigenvalue weighted by molar-refractivity contribution is -0.0882.